The van der Waals surface area contributed by atoms with E-state index in [1.807, 2.05) is 6.92 Å². The first-order valence-electron chi connectivity index (χ1n) is 35.9. The molecule has 0 aromatic carbocycles. The molecule has 0 saturated carbocycles. The minimum Gasteiger partial charge on any atom is -0.462 e. The summed E-state index contributed by atoms with van der Waals surface area (Å²) in [6, 6.07) is -0.560. The molecule has 0 heterocycles. The van der Waals surface area contributed by atoms with Crippen LogP contribution in [0.1, 0.15) is 278 Å². The zero-order chi connectivity index (χ0) is 68.2. The molecule has 3 unspecified atom stereocenters. The summed E-state index contributed by atoms with van der Waals surface area (Å²) in [6.45, 7) is 8.81. The minimum absolute atomic E-state index is 0.00450. The molecule has 536 valence electrons. The second-order valence-electron chi connectivity index (χ2n) is 24.1. The van der Waals surface area contributed by atoms with Crippen molar-refractivity contribution in [2.45, 2.75) is 296 Å². The maximum absolute atomic E-state index is 12.6. The summed E-state index contributed by atoms with van der Waals surface area (Å²) in [5, 5.41) is 8.27. The first-order valence-corrected chi connectivity index (χ1v) is 40.9. The van der Waals surface area contributed by atoms with Gasteiger partial charge in [0.15, 0.2) is 11.9 Å². The highest BCUT2D eigenvalue weighted by atomic mass is 33.1. The van der Waals surface area contributed by atoms with Gasteiger partial charge in [0.25, 0.3) is 0 Å². The number of esters is 3. The van der Waals surface area contributed by atoms with Gasteiger partial charge in [-0.05, 0) is 96.3 Å². The number of hydrogen-bond donors (Lipinski definition) is 7. The van der Waals surface area contributed by atoms with Crippen LogP contribution < -0.4 is 38.9 Å². The topological polar surface area (TPSA) is 309 Å². The smallest absolute Gasteiger partial charge is 0.306 e. The van der Waals surface area contributed by atoms with Crippen LogP contribution in [0.3, 0.4) is 0 Å². The fourth-order valence-electron chi connectivity index (χ4n) is 9.39. The lowest BCUT2D eigenvalue weighted by Gasteiger charge is -2.18. The Labute approximate surface area is 573 Å². The lowest BCUT2D eigenvalue weighted by molar-refractivity contribution is -0.410. The van der Waals surface area contributed by atoms with Crippen molar-refractivity contribution >= 4 is 90.4 Å². The number of carbonyl (C=O) groups is 8. The van der Waals surface area contributed by atoms with Gasteiger partial charge in [0, 0.05) is 100 Å². The Morgan fingerprint density at radius 2 is 0.880 bits per heavy atom. The predicted molar refractivity (Wildman–Crippen MR) is 385 cm³/mol. The standard InChI is InChI=1S/C44H79NO7.C26H52N6O4S4/c1-4-6-8-10-12-14-16-18-20-22-24-26-28-30-32-34-42(47)50-38-40(39-51-43(48)37-36-41(46)45-3)52-44(49)35-33-31-29-27-25-23-21-19-17-15-13-11-9-7-5-2;1-20(25(35)31-14-18-39-38-17-5-9-24(34)22(29)7-2-12-27)10-11-21(33)6-4-16-37-40-19-15-32-26(36)23(30)8-3-13-28/h18-21,40H,4-17,22-39H2,1-3H3,(H,45,46);20,22-23H,2-19,27-30H2,1H3,(H,31,35)(H,32,36)/p+3/b20-18-,21-19-;/t40-;/m0./s1. The molecule has 0 aromatic rings. The number of ether oxygens (including phenoxy) is 3. The molecule has 0 radical (unpaired) electrons. The lowest BCUT2D eigenvalue weighted by atomic mass is 10.0. The number of amides is 3. The molecule has 0 aliphatic heterocycles. The predicted octanol–water partition coefficient (Wildman–Crippen LogP) is 11.7. The Morgan fingerprint density at radius 1 is 0.457 bits per heavy atom. The Kier molecular flexibility index (Phi) is 69.9. The monoisotopic (exact) mass is 1380 g/mol. The van der Waals surface area contributed by atoms with E-state index in [1.165, 1.54) is 103 Å². The summed E-state index contributed by atoms with van der Waals surface area (Å²) in [7, 11) is 8.33. The number of quaternary nitrogens is 3. The van der Waals surface area contributed by atoms with Crippen molar-refractivity contribution in [2.24, 2.45) is 11.7 Å². The van der Waals surface area contributed by atoms with Crippen LogP contribution in [0.5, 0.6) is 0 Å². The molecule has 18 nitrogen and oxygen atoms in total. The van der Waals surface area contributed by atoms with Gasteiger partial charge in [-0.2, -0.15) is 0 Å². The summed E-state index contributed by atoms with van der Waals surface area (Å²) >= 11 is 0. The van der Waals surface area contributed by atoms with E-state index in [2.05, 4.69) is 71.3 Å². The van der Waals surface area contributed by atoms with E-state index in [0.29, 0.717) is 51.6 Å². The molecule has 0 saturated heterocycles. The van der Waals surface area contributed by atoms with Gasteiger partial charge in [0.2, 0.25) is 17.7 Å². The second-order valence-corrected chi connectivity index (χ2v) is 29.5. The third-order valence-corrected chi connectivity index (χ3v) is 20.4. The Hall–Kier alpha value is -3.12. The molecule has 0 rings (SSSR count). The third kappa shape index (κ3) is 65.5. The van der Waals surface area contributed by atoms with Crippen molar-refractivity contribution in [2.75, 3.05) is 69.5 Å². The highest BCUT2D eigenvalue weighted by Gasteiger charge is 2.21. The van der Waals surface area contributed by atoms with Crippen LogP contribution in [0.15, 0.2) is 24.3 Å². The van der Waals surface area contributed by atoms with Gasteiger partial charge in [0.1, 0.15) is 25.0 Å². The number of nitrogens with two attached hydrogens (primary N) is 1. The normalized spacial score (nSPS) is 12.6. The molecule has 0 fully saturated rings. The van der Waals surface area contributed by atoms with Crippen LogP contribution in [0.4, 0.5) is 0 Å². The van der Waals surface area contributed by atoms with E-state index < -0.39 is 24.1 Å². The molecule has 4 atom stereocenters. The van der Waals surface area contributed by atoms with Gasteiger partial charge >= 0.3 is 17.9 Å². The molecule has 0 spiro atoms. The second kappa shape index (κ2) is 70.7. The molecular formula is C70H134N7O11S4+3. The van der Waals surface area contributed by atoms with Gasteiger partial charge in [-0.1, -0.05) is 191 Å². The number of unbranched alkanes of at least 4 members (excludes halogenated alkanes) is 22. The van der Waals surface area contributed by atoms with Crippen LogP contribution in [0.2, 0.25) is 0 Å². The van der Waals surface area contributed by atoms with Crippen LogP contribution in [0, 0.1) is 5.92 Å². The average Bonchev–Trinajstić information content (AvgIpc) is 3.77. The van der Waals surface area contributed by atoms with Gasteiger partial charge in [-0.15, -0.1) is 0 Å². The lowest BCUT2D eigenvalue weighted by Crippen LogP contribution is -2.65. The molecule has 92 heavy (non-hydrogen) atoms. The first-order chi connectivity index (χ1) is 44.6. The number of hydrogen-bond acceptors (Lipinski definition) is 16. The molecule has 22 heteroatoms. The van der Waals surface area contributed by atoms with E-state index >= 15 is 0 Å². The highest BCUT2D eigenvalue weighted by molar-refractivity contribution is 8.77. The van der Waals surface area contributed by atoms with E-state index in [0.717, 1.165) is 139 Å². The van der Waals surface area contributed by atoms with Crippen molar-refractivity contribution < 1.29 is 69.8 Å². The van der Waals surface area contributed by atoms with Gasteiger partial charge in [0.05, 0.1) is 25.6 Å². The maximum atomic E-state index is 12.6. The van der Waals surface area contributed by atoms with Crippen molar-refractivity contribution in [3.8, 4) is 0 Å². The SMILES string of the molecule is CC(CCC(=O)CCCSSCCNC(=O)C(N)CCC[NH3+])C(=O)NCCSSCCCC(=O)C([NH3+])CCC[NH3+].CCCCCCCC/C=C\CCCCCCCC(=O)OC[C@@H](COC(=O)CCC(=O)NC)OC(=O)CCCCCCC/C=C\CCCCCCCC. The van der Waals surface area contributed by atoms with E-state index in [-0.39, 0.29) is 79.7 Å². The molecule has 0 aliphatic carbocycles. The number of allylic oxidation sites excluding steroid dienone is 4. The van der Waals surface area contributed by atoms with Crippen molar-refractivity contribution in [3.63, 3.8) is 0 Å². The van der Waals surface area contributed by atoms with Crippen LogP contribution in [-0.4, -0.2) is 135 Å². The van der Waals surface area contributed by atoms with Crippen LogP contribution in [0.25, 0.3) is 0 Å². The van der Waals surface area contributed by atoms with Crippen LogP contribution in [-0.2, 0) is 52.6 Å². The van der Waals surface area contributed by atoms with Crippen LogP contribution >= 0.6 is 43.2 Å². The van der Waals surface area contributed by atoms with Gasteiger partial charge in [-0.3, -0.25) is 38.4 Å². The Bertz CT molecular complexity index is 1890. The molecule has 0 aromatic heterocycles. The summed E-state index contributed by atoms with van der Waals surface area (Å²) < 4.78 is 16.2. The molecule has 14 N–H and O–H groups in total. The number of ketones is 2. The molecule has 0 bridgehead atoms. The third-order valence-electron chi connectivity index (χ3n) is 15.4. The highest BCUT2D eigenvalue weighted by Crippen LogP contribution is 2.24. The van der Waals surface area contributed by atoms with E-state index in [4.69, 9.17) is 19.9 Å². The van der Waals surface area contributed by atoms with Gasteiger partial charge < -0.3 is 53.1 Å². The fraction of sp³-hybridized carbons (Fsp3) is 0.829. The quantitative estimate of drug-likeness (QED) is 0.00978. The summed E-state index contributed by atoms with van der Waals surface area (Å²) in [5.74, 6) is 1.98. The Morgan fingerprint density at radius 3 is 1.37 bits per heavy atom. The average molecular weight is 1380 g/mol. The Balaban J connectivity index is 0. The zero-order valence-corrected chi connectivity index (χ0v) is 61.6. The summed E-state index contributed by atoms with van der Waals surface area (Å²) in [6.07, 6.45) is 46.7. The minimum atomic E-state index is -0.877. The summed E-state index contributed by atoms with van der Waals surface area (Å²) in [5.41, 5.74) is 17.3. The van der Waals surface area contributed by atoms with Crippen molar-refractivity contribution in [1.82, 2.24) is 16.0 Å². The summed E-state index contributed by atoms with van der Waals surface area (Å²) in [4.78, 5) is 96.9. The van der Waals surface area contributed by atoms with Crippen molar-refractivity contribution in [3.05, 3.63) is 24.3 Å². The number of carbonyl (C=O) groups excluding carboxylic acids is 8. The number of Topliss-reactive ketones (excluding diaryl/α,β-unsaturated/α-hetero) is 2. The largest absolute Gasteiger partial charge is 0.462 e. The number of nitrogens with one attached hydrogen (secondary N) is 3. The maximum Gasteiger partial charge on any atom is 0.306 e. The number of rotatable bonds is 66. The van der Waals surface area contributed by atoms with Gasteiger partial charge in [-0.25, -0.2) is 0 Å². The van der Waals surface area contributed by atoms with E-state index in [1.54, 1.807) is 43.2 Å². The van der Waals surface area contributed by atoms with E-state index in [9.17, 15) is 38.4 Å². The van der Waals surface area contributed by atoms with Crippen molar-refractivity contribution in [1.29, 1.82) is 0 Å². The zero-order valence-electron chi connectivity index (χ0n) is 58.3. The molecule has 0 aliphatic rings. The molecule has 3 amide bonds. The molecular weight excluding hydrogens is 1240 g/mol. The fourth-order valence-corrected chi connectivity index (χ4v) is 13.4. The first kappa shape index (κ1) is 90.9.